The third-order valence-electron chi connectivity index (χ3n) is 2.25. The van der Waals surface area contributed by atoms with E-state index in [0.717, 1.165) is 0 Å². The molecule has 1 unspecified atom stereocenters. The van der Waals surface area contributed by atoms with Gasteiger partial charge < -0.3 is 5.73 Å². The van der Waals surface area contributed by atoms with E-state index in [0.29, 0.717) is 12.8 Å². The van der Waals surface area contributed by atoms with Crippen molar-refractivity contribution in [2.75, 3.05) is 0 Å². The Morgan fingerprint density at radius 2 is 2.28 bits per heavy atom. The van der Waals surface area contributed by atoms with Crippen LogP contribution in [-0.2, 0) is 17.1 Å². The molecule has 1 rings (SSSR count). The van der Waals surface area contributed by atoms with Crippen LogP contribution >= 0.6 is 28.1 Å². The molecule has 0 aliphatic heterocycles. The zero-order valence-electron chi connectivity index (χ0n) is 9.92. The molecule has 10 heteroatoms. The van der Waals surface area contributed by atoms with Gasteiger partial charge in [0.2, 0.25) is 5.03 Å². The summed E-state index contributed by atoms with van der Waals surface area (Å²) < 4.78 is 28.2. The monoisotopic (exact) mass is 355 g/mol. The molecule has 3 N–H and O–H groups in total. The molecule has 1 heterocycles. The lowest BCUT2D eigenvalue weighted by Gasteiger charge is -2.16. The first-order chi connectivity index (χ1) is 8.27. The molecule has 0 radical (unpaired) electrons. The lowest BCUT2D eigenvalue weighted by atomic mass is 10.2. The van der Waals surface area contributed by atoms with E-state index in [1.807, 2.05) is 6.92 Å². The normalized spacial score (nSPS) is 13.5. The molecule has 0 aromatic carbocycles. The molecule has 18 heavy (non-hydrogen) atoms. The second-order valence-corrected chi connectivity index (χ2v) is 6.61. The van der Waals surface area contributed by atoms with Crippen LogP contribution in [0, 0.1) is 0 Å². The Balaban J connectivity index is 2.98. The fourth-order valence-corrected chi connectivity index (χ4v) is 4.01. The number of hydrogen-bond donors (Lipinski definition) is 2. The van der Waals surface area contributed by atoms with Crippen molar-refractivity contribution < 1.29 is 8.42 Å². The van der Waals surface area contributed by atoms with Crippen LogP contribution in [0.4, 0.5) is 0 Å². The van der Waals surface area contributed by atoms with Crippen LogP contribution in [-0.4, -0.2) is 34.4 Å². The molecule has 0 spiro atoms. The van der Waals surface area contributed by atoms with E-state index >= 15 is 0 Å². The topological polar surface area (TPSA) is 103 Å². The number of halogens is 1. The highest BCUT2D eigenvalue weighted by Gasteiger charge is 2.26. The fourth-order valence-electron chi connectivity index (χ4n) is 1.40. The van der Waals surface area contributed by atoms with Crippen LogP contribution < -0.4 is 10.5 Å². The lowest BCUT2D eigenvalue weighted by molar-refractivity contribution is 0.531. The SMILES string of the molecule is CCC(CC(N)=S)NS(=O)(=O)c1c(Br)nnn1C. The summed E-state index contributed by atoms with van der Waals surface area (Å²) in [5.74, 6) is 0. The van der Waals surface area contributed by atoms with E-state index in [1.165, 1.54) is 11.7 Å². The molecule has 102 valence electrons. The predicted molar refractivity (Wildman–Crippen MR) is 74.5 cm³/mol. The number of nitrogens with zero attached hydrogens (tertiary/aromatic N) is 3. The quantitative estimate of drug-likeness (QED) is 0.712. The van der Waals surface area contributed by atoms with Crippen LogP contribution in [0.5, 0.6) is 0 Å². The van der Waals surface area contributed by atoms with E-state index in [4.69, 9.17) is 18.0 Å². The minimum atomic E-state index is -3.71. The van der Waals surface area contributed by atoms with Crippen LogP contribution in [0.1, 0.15) is 19.8 Å². The van der Waals surface area contributed by atoms with Crippen LogP contribution in [0.15, 0.2) is 9.63 Å². The standard InChI is InChI=1S/C8H14BrN5O2S2/c1-3-5(4-6(10)17)12-18(15,16)8-7(9)11-13-14(8)2/h5,12H,3-4H2,1-2H3,(H2,10,17). The van der Waals surface area contributed by atoms with Crippen molar-refractivity contribution in [3.63, 3.8) is 0 Å². The Morgan fingerprint density at radius 3 is 2.67 bits per heavy atom. The highest BCUT2D eigenvalue weighted by Crippen LogP contribution is 2.18. The van der Waals surface area contributed by atoms with Crippen molar-refractivity contribution in [3.05, 3.63) is 4.60 Å². The number of thiocarbonyl (C=S) groups is 1. The second-order valence-electron chi connectivity index (χ2n) is 3.71. The number of sulfonamides is 1. The van der Waals surface area contributed by atoms with Gasteiger partial charge in [0.15, 0.2) is 4.60 Å². The van der Waals surface area contributed by atoms with Gasteiger partial charge in [0.05, 0.1) is 4.99 Å². The summed E-state index contributed by atoms with van der Waals surface area (Å²) in [7, 11) is -2.21. The molecular weight excluding hydrogens is 342 g/mol. The van der Waals surface area contributed by atoms with Crippen LogP contribution in [0.25, 0.3) is 0 Å². The molecular formula is C8H14BrN5O2S2. The highest BCUT2D eigenvalue weighted by atomic mass is 79.9. The number of nitrogens with two attached hydrogens (primary N) is 1. The molecule has 0 amide bonds. The zero-order valence-corrected chi connectivity index (χ0v) is 13.1. The third kappa shape index (κ3) is 3.70. The average molecular weight is 356 g/mol. The molecule has 0 fully saturated rings. The molecule has 1 aromatic rings. The van der Waals surface area contributed by atoms with Gasteiger partial charge in [-0.25, -0.2) is 17.8 Å². The van der Waals surface area contributed by atoms with Gasteiger partial charge in [-0.2, -0.15) is 0 Å². The number of nitrogens with one attached hydrogen (secondary N) is 1. The Morgan fingerprint density at radius 1 is 1.67 bits per heavy atom. The molecule has 0 saturated heterocycles. The number of aryl methyl sites for hydroxylation is 1. The molecule has 0 bridgehead atoms. The summed E-state index contributed by atoms with van der Waals surface area (Å²) in [5.41, 5.74) is 5.42. The van der Waals surface area contributed by atoms with Crippen molar-refractivity contribution in [3.8, 4) is 0 Å². The van der Waals surface area contributed by atoms with Crippen molar-refractivity contribution in [1.29, 1.82) is 0 Å². The maximum Gasteiger partial charge on any atom is 0.260 e. The Labute approximate surface area is 119 Å². The molecule has 7 nitrogen and oxygen atoms in total. The number of hydrogen-bond acceptors (Lipinski definition) is 5. The fraction of sp³-hybridized carbons (Fsp3) is 0.625. The van der Waals surface area contributed by atoms with Gasteiger partial charge in [0.25, 0.3) is 10.0 Å². The van der Waals surface area contributed by atoms with Crippen LogP contribution in [0.2, 0.25) is 0 Å². The summed E-state index contributed by atoms with van der Waals surface area (Å²) in [6, 6.07) is -0.339. The van der Waals surface area contributed by atoms with Crippen molar-refractivity contribution >= 4 is 43.2 Å². The first-order valence-electron chi connectivity index (χ1n) is 5.13. The number of aromatic nitrogens is 3. The Kier molecular flexibility index (Phi) is 5.20. The Bertz CT molecular complexity index is 522. The number of rotatable bonds is 6. The summed E-state index contributed by atoms with van der Waals surface area (Å²) in [6.45, 7) is 1.85. The maximum atomic E-state index is 12.2. The summed E-state index contributed by atoms with van der Waals surface area (Å²) in [5, 5.41) is 7.24. The third-order valence-corrected chi connectivity index (χ3v) is 4.83. The molecule has 0 aliphatic rings. The van der Waals surface area contributed by atoms with E-state index in [1.54, 1.807) is 0 Å². The predicted octanol–water partition coefficient (Wildman–Crippen LogP) is 0.311. The Hall–Kier alpha value is -0.580. The molecule has 0 saturated carbocycles. The molecule has 1 aromatic heterocycles. The van der Waals surface area contributed by atoms with Gasteiger partial charge in [-0.3, -0.25) is 0 Å². The van der Waals surface area contributed by atoms with E-state index in [2.05, 4.69) is 31.0 Å². The first-order valence-corrected chi connectivity index (χ1v) is 7.82. The average Bonchev–Trinajstić information content (AvgIpc) is 2.56. The zero-order chi connectivity index (χ0) is 13.9. The first kappa shape index (κ1) is 15.5. The van der Waals surface area contributed by atoms with Crippen molar-refractivity contribution in [2.24, 2.45) is 12.8 Å². The smallest absolute Gasteiger partial charge is 0.260 e. The van der Waals surface area contributed by atoms with Crippen molar-refractivity contribution in [2.45, 2.75) is 30.8 Å². The summed E-state index contributed by atoms with van der Waals surface area (Å²) in [4.78, 5) is 0.270. The molecule has 1 atom stereocenters. The second kappa shape index (κ2) is 6.04. The van der Waals surface area contributed by atoms with Gasteiger partial charge in [-0.1, -0.05) is 24.4 Å². The van der Waals surface area contributed by atoms with Gasteiger partial charge in [-0.05, 0) is 22.4 Å². The van der Waals surface area contributed by atoms with Gasteiger partial charge in [0, 0.05) is 19.5 Å². The largest absolute Gasteiger partial charge is 0.393 e. The van der Waals surface area contributed by atoms with Crippen LogP contribution in [0.3, 0.4) is 0 Å². The van der Waals surface area contributed by atoms with Gasteiger partial charge in [0.1, 0.15) is 0 Å². The highest BCUT2D eigenvalue weighted by molar-refractivity contribution is 9.10. The van der Waals surface area contributed by atoms with E-state index in [-0.39, 0.29) is 20.7 Å². The maximum absolute atomic E-state index is 12.2. The summed E-state index contributed by atoms with van der Waals surface area (Å²) in [6.07, 6.45) is 0.896. The van der Waals surface area contributed by atoms with Crippen molar-refractivity contribution in [1.82, 2.24) is 19.7 Å². The van der Waals surface area contributed by atoms with E-state index in [9.17, 15) is 8.42 Å². The minimum absolute atomic E-state index is 0.0242. The molecule has 0 aliphatic carbocycles. The van der Waals surface area contributed by atoms with E-state index < -0.39 is 10.0 Å². The summed E-state index contributed by atoms with van der Waals surface area (Å²) >= 11 is 7.83. The minimum Gasteiger partial charge on any atom is -0.393 e. The van der Waals surface area contributed by atoms with Gasteiger partial charge in [-0.15, -0.1) is 5.10 Å². The van der Waals surface area contributed by atoms with Gasteiger partial charge >= 0.3 is 0 Å². The lowest BCUT2D eigenvalue weighted by Crippen LogP contribution is -2.37.